The Morgan fingerprint density at radius 1 is 1.03 bits per heavy atom. The van der Waals surface area contributed by atoms with Gasteiger partial charge in [-0.2, -0.15) is 21.5 Å². The summed E-state index contributed by atoms with van der Waals surface area (Å²) in [6.07, 6.45) is -2.94. The highest BCUT2D eigenvalue weighted by atomic mass is 32.2. The number of rotatable bonds is 8. The highest BCUT2D eigenvalue weighted by Crippen LogP contribution is 2.28. The van der Waals surface area contributed by atoms with Crippen LogP contribution < -0.4 is 4.31 Å². The van der Waals surface area contributed by atoms with E-state index in [1.54, 1.807) is 30.3 Å². The summed E-state index contributed by atoms with van der Waals surface area (Å²) < 4.78 is 80.7. The minimum absolute atomic E-state index is 0.102. The van der Waals surface area contributed by atoms with Crippen molar-refractivity contribution in [3.63, 3.8) is 0 Å². The number of nitrogens with zero attached hydrogens (tertiary/aromatic N) is 5. The topological polar surface area (TPSA) is 92.0 Å². The van der Waals surface area contributed by atoms with Gasteiger partial charge in [0.25, 0.3) is 5.89 Å². The van der Waals surface area contributed by atoms with Crippen LogP contribution in [0.1, 0.15) is 17.9 Å². The van der Waals surface area contributed by atoms with Crippen molar-refractivity contribution in [2.45, 2.75) is 19.0 Å². The van der Waals surface area contributed by atoms with E-state index >= 15 is 4.39 Å². The lowest BCUT2D eigenvalue weighted by Gasteiger charge is -2.43. The van der Waals surface area contributed by atoms with Crippen LogP contribution in [0.5, 0.6) is 0 Å². The van der Waals surface area contributed by atoms with Gasteiger partial charge in [-0.1, -0.05) is 24.3 Å². The number of ether oxygens (including phenoxy) is 1. The van der Waals surface area contributed by atoms with Crippen LogP contribution in [0, 0.1) is 5.82 Å². The molecule has 0 saturated carbocycles. The molecule has 3 heterocycles. The second kappa shape index (κ2) is 10.2. The van der Waals surface area contributed by atoms with Crippen LogP contribution in [-0.2, 0) is 21.5 Å². The van der Waals surface area contributed by atoms with Gasteiger partial charge in [0.2, 0.25) is 5.89 Å². The smallest absolute Gasteiger partial charge is 0.314 e. The molecule has 0 unspecified atom stereocenters. The molecule has 5 rings (SSSR count). The zero-order chi connectivity index (χ0) is 25.3. The van der Waals surface area contributed by atoms with Gasteiger partial charge < -0.3 is 9.15 Å². The molecule has 0 bridgehead atoms. The Morgan fingerprint density at radius 2 is 1.75 bits per heavy atom. The van der Waals surface area contributed by atoms with Gasteiger partial charge in [-0.25, -0.2) is 4.39 Å². The number of alkyl halides is 2. The zero-order valence-electron chi connectivity index (χ0n) is 19.1. The maximum atomic E-state index is 15.1. The van der Waals surface area contributed by atoms with Crippen LogP contribution in [0.15, 0.2) is 52.9 Å². The summed E-state index contributed by atoms with van der Waals surface area (Å²) in [5, 5.41) is 6.78. The van der Waals surface area contributed by atoms with Crippen LogP contribution in [0.25, 0.3) is 11.5 Å². The molecule has 0 atom stereocenters. The number of halogens is 3. The molecule has 2 saturated heterocycles. The van der Waals surface area contributed by atoms with Crippen molar-refractivity contribution < 1.29 is 30.7 Å². The molecule has 13 heteroatoms. The second-order valence-electron chi connectivity index (χ2n) is 8.53. The molecule has 1 aromatic heterocycles. The minimum Gasteiger partial charge on any atom is -0.415 e. The first kappa shape index (κ1) is 24.7. The summed E-state index contributed by atoms with van der Waals surface area (Å²) in [5.74, 6) is -1.84. The first-order valence-corrected chi connectivity index (χ1v) is 12.8. The maximum absolute atomic E-state index is 15.1. The molecular formula is C23H24F3N5O4S. The summed E-state index contributed by atoms with van der Waals surface area (Å²) in [6, 6.07) is 12.7. The molecule has 3 aromatic rings. The third-order valence-corrected chi connectivity index (χ3v) is 8.21. The fourth-order valence-corrected chi connectivity index (χ4v) is 5.77. The number of piperazine rings is 1. The fraction of sp³-hybridized carbons (Fsp3) is 0.391. The van der Waals surface area contributed by atoms with E-state index < -0.39 is 28.3 Å². The van der Waals surface area contributed by atoms with Gasteiger partial charge >= 0.3 is 16.6 Å². The Morgan fingerprint density at radius 3 is 2.33 bits per heavy atom. The van der Waals surface area contributed by atoms with E-state index in [2.05, 4.69) is 15.1 Å². The maximum Gasteiger partial charge on any atom is 0.314 e. The van der Waals surface area contributed by atoms with Crippen LogP contribution in [0.3, 0.4) is 0 Å². The van der Waals surface area contributed by atoms with Gasteiger partial charge in [-0.05, 0) is 24.3 Å². The Balaban J connectivity index is 1.38. The largest absolute Gasteiger partial charge is 0.415 e. The summed E-state index contributed by atoms with van der Waals surface area (Å²) >= 11 is 0. The average molecular weight is 524 g/mol. The van der Waals surface area contributed by atoms with E-state index in [9.17, 15) is 17.2 Å². The van der Waals surface area contributed by atoms with Gasteiger partial charge in [-0.15, -0.1) is 10.2 Å². The van der Waals surface area contributed by atoms with Gasteiger partial charge in [0.05, 0.1) is 31.5 Å². The molecule has 192 valence electrons. The van der Waals surface area contributed by atoms with Crippen molar-refractivity contribution in [2.75, 3.05) is 43.7 Å². The molecule has 0 spiro atoms. The summed E-state index contributed by atoms with van der Waals surface area (Å²) in [7, 11) is -3.98. The Hall–Kier alpha value is -3.00. The quantitative estimate of drug-likeness (QED) is 0.448. The van der Waals surface area contributed by atoms with Gasteiger partial charge in [-0.3, -0.25) is 9.21 Å². The second-order valence-corrected chi connectivity index (χ2v) is 10.4. The number of benzene rings is 2. The molecule has 36 heavy (non-hydrogen) atoms. The monoisotopic (exact) mass is 523 g/mol. The highest BCUT2D eigenvalue weighted by Gasteiger charge is 2.36. The average Bonchev–Trinajstić information content (AvgIpc) is 3.34. The molecule has 9 nitrogen and oxygen atoms in total. The van der Waals surface area contributed by atoms with E-state index in [1.807, 2.05) is 0 Å². The first-order chi connectivity index (χ1) is 17.3. The number of aromatic nitrogens is 2. The zero-order valence-corrected chi connectivity index (χ0v) is 20.0. The Bertz CT molecular complexity index is 1300. The van der Waals surface area contributed by atoms with E-state index in [0.29, 0.717) is 51.1 Å². The van der Waals surface area contributed by atoms with Crippen molar-refractivity contribution in [3.05, 3.63) is 65.8 Å². The van der Waals surface area contributed by atoms with Gasteiger partial charge in [0.15, 0.2) is 0 Å². The third-order valence-electron chi connectivity index (χ3n) is 6.30. The predicted molar refractivity (Wildman–Crippen MR) is 124 cm³/mol. The summed E-state index contributed by atoms with van der Waals surface area (Å²) in [6.45, 7) is 2.85. The molecule has 2 aromatic carbocycles. The lowest BCUT2D eigenvalue weighted by atomic mass is 10.1. The fourth-order valence-electron chi connectivity index (χ4n) is 4.18. The van der Waals surface area contributed by atoms with Crippen molar-refractivity contribution in [3.8, 4) is 11.5 Å². The molecule has 0 aliphatic carbocycles. The van der Waals surface area contributed by atoms with E-state index in [1.165, 1.54) is 20.7 Å². The van der Waals surface area contributed by atoms with E-state index in [0.717, 1.165) is 6.07 Å². The van der Waals surface area contributed by atoms with Crippen LogP contribution in [0.2, 0.25) is 0 Å². The standard InChI is InChI=1S/C23H24F3N5O4S/c24-20-12-16(22-27-28-23(35-22)21(25)26)6-7-17(20)13-31(18-4-2-1-3-5-18)36(32,33)30-10-8-29(9-11-30)19-14-34-15-19/h1-7,12,19,21H,8-11,13-15H2. The lowest BCUT2D eigenvalue weighted by Crippen LogP contribution is -2.59. The van der Waals surface area contributed by atoms with Crippen LogP contribution in [0.4, 0.5) is 18.9 Å². The normalized spacial score (nSPS) is 17.9. The molecule has 2 aliphatic rings. The number of anilines is 1. The number of hydrogen-bond donors (Lipinski definition) is 0. The minimum atomic E-state index is -3.98. The van der Waals surface area contributed by atoms with E-state index in [4.69, 9.17) is 9.15 Å². The molecule has 2 aliphatic heterocycles. The third kappa shape index (κ3) is 4.96. The predicted octanol–water partition coefficient (Wildman–Crippen LogP) is 3.08. The van der Waals surface area contributed by atoms with Crippen LogP contribution in [-0.4, -0.2) is 73.3 Å². The SMILES string of the molecule is O=S(=O)(N1CCN(C2COC2)CC1)N(Cc1ccc(-c2nnc(C(F)F)o2)cc1F)c1ccccc1. The number of para-hydroxylation sites is 1. The van der Waals surface area contributed by atoms with E-state index in [-0.39, 0.29) is 23.6 Å². The van der Waals surface area contributed by atoms with Crippen molar-refractivity contribution in [1.82, 2.24) is 19.4 Å². The van der Waals surface area contributed by atoms with Gasteiger partial charge in [0, 0.05) is 37.3 Å². The van der Waals surface area contributed by atoms with Crippen LogP contribution >= 0.6 is 0 Å². The Labute approximate surface area is 206 Å². The molecule has 0 radical (unpaired) electrons. The molecule has 2 fully saturated rings. The summed E-state index contributed by atoms with van der Waals surface area (Å²) in [5.41, 5.74) is 0.611. The molecule has 0 amide bonds. The van der Waals surface area contributed by atoms with Crippen molar-refractivity contribution >= 4 is 15.9 Å². The highest BCUT2D eigenvalue weighted by molar-refractivity contribution is 7.90. The molecular weight excluding hydrogens is 499 g/mol. The van der Waals surface area contributed by atoms with Crippen molar-refractivity contribution in [1.29, 1.82) is 0 Å². The van der Waals surface area contributed by atoms with Gasteiger partial charge in [0.1, 0.15) is 5.82 Å². The first-order valence-electron chi connectivity index (χ1n) is 11.4. The molecule has 0 N–H and O–H groups in total. The Kier molecular flexibility index (Phi) is 6.97. The lowest BCUT2D eigenvalue weighted by molar-refractivity contribution is -0.0721. The summed E-state index contributed by atoms with van der Waals surface area (Å²) in [4.78, 5) is 2.22. The van der Waals surface area contributed by atoms with Crippen molar-refractivity contribution in [2.24, 2.45) is 0 Å². The number of hydrogen-bond acceptors (Lipinski definition) is 7.